The minimum Gasteiger partial charge on any atom is -0.379 e. The molecule has 25 heavy (non-hydrogen) atoms. The van der Waals surface area contributed by atoms with Gasteiger partial charge >= 0.3 is 0 Å². The van der Waals surface area contributed by atoms with Gasteiger partial charge in [-0.15, -0.1) is 0 Å². The van der Waals surface area contributed by atoms with Gasteiger partial charge in [-0.05, 0) is 41.0 Å². The number of fused-ring (bicyclic) bond motifs is 1. The predicted octanol–water partition coefficient (Wildman–Crippen LogP) is 2.71. The van der Waals surface area contributed by atoms with Crippen molar-refractivity contribution in [2.75, 3.05) is 26.3 Å². The molecule has 4 rings (SSSR count). The summed E-state index contributed by atoms with van der Waals surface area (Å²) in [5.41, 5.74) is 3.42. The molecule has 2 aliphatic rings. The summed E-state index contributed by atoms with van der Waals surface area (Å²) in [5.74, 6) is -1.40. The number of nitrogens with zero attached hydrogens (tertiary/aromatic N) is 1. The first-order valence-electron chi connectivity index (χ1n) is 8.31. The van der Waals surface area contributed by atoms with Crippen LogP contribution in [0.4, 0.5) is 8.78 Å². The Morgan fingerprint density at radius 2 is 1.88 bits per heavy atom. The number of ether oxygens (including phenoxy) is 1. The van der Waals surface area contributed by atoms with E-state index in [1.165, 1.54) is 12.1 Å². The molecule has 0 radical (unpaired) electrons. The summed E-state index contributed by atoms with van der Waals surface area (Å²) < 4.78 is 32.8. The van der Waals surface area contributed by atoms with E-state index in [0.717, 1.165) is 30.3 Å². The number of rotatable bonds is 3. The number of benzene rings is 2. The highest BCUT2D eigenvalue weighted by Gasteiger charge is 2.25. The molecule has 0 saturated carbocycles. The summed E-state index contributed by atoms with van der Waals surface area (Å²) in [7, 11) is 0. The first kappa shape index (κ1) is 16.2. The van der Waals surface area contributed by atoms with Crippen molar-refractivity contribution in [2.45, 2.75) is 13.1 Å². The minimum atomic E-state index is -0.629. The summed E-state index contributed by atoms with van der Waals surface area (Å²) >= 11 is 0. The molecule has 1 N–H and O–H groups in total. The molecule has 1 saturated heterocycles. The van der Waals surface area contributed by atoms with Crippen molar-refractivity contribution in [1.82, 2.24) is 10.2 Å². The lowest BCUT2D eigenvalue weighted by molar-refractivity contribution is 0.0341. The maximum absolute atomic E-state index is 14.2. The van der Waals surface area contributed by atoms with Gasteiger partial charge in [-0.1, -0.05) is 0 Å². The molecule has 1 fully saturated rings. The third-order valence-electron chi connectivity index (χ3n) is 4.75. The molecular formula is C19H18F2N2O2. The zero-order valence-electron chi connectivity index (χ0n) is 13.6. The molecule has 2 aromatic rings. The van der Waals surface area contributed by atoms with E-state index in [0.29, 0.717) is 43.0 Å². The Morgan fingerprint density at radius 1 is 1.08 bits per heavy atom. The minimum absolute atomic E-state index is 0.150. The maximum atomic E-state index is 14.2. The number of carbonyl (C=O) groups excluding carboxylic acids is 1. The highest BCUT2D eigenvalue weighted by molar-refractivity contribution is 6.00. The molecule has 0 atom stereocenters. The van der Waals surface area contributed by atoms with Gasteiger partial charge in [0.2, 0.25) is 0 Å². The van der Waals surface area contributed by atoms with Crippen LogP contribution in [-0.4, -0.2) is 37.1 Å². The van der Waals surface area contributed by atoms with Gasteiger partial charge in [-0.25, -0.2) is 8.78 Å². The van der Waals surface area contributed by atoms with E-state index in [1.807, 2.05) is 6.07 Å². The highest BCUT2D eigenvalue weighted by Crippen LogP contribution is 2.31. The fourth-order valence-corrected chi connectivity index (χ4v) is 3.43. The van der Waals surface area contributed by atoms with Gasteiger partial charge in [0.25, 0.3) is 5.91 Å². The standard InChI is InChI=1S/C19H18F2N2O2/c20-14-1-2-15(18(21)9-14)12-7-13(11-23-3-5-25-6-4-23)17-10-22-19(24)16(17)8-12/h1-2,7-9H,3-6,10-11H2,(H,22,24). The highest BCUT2D eigenvalue weighted by atomic mass is 19.1. The zero-order chi connectivity index (χ0) is 17.4. The molecule has 0 aliphatic carbocycles. The molecule has 1 amide bonds. The Kier molecular flexibility index (Phi) is 4.23. The van der Waals surface area contributed by atoms with Gasteiger partial charge in [0, 0.05) is 43.4 Å². The second-order valence-electron chi connectivity index (χ2n) is 6.36. The Balaban J connectivity index is 1.76. The molecule has 0 unspecified atom stereocenters. The molecule has 6 heteroatoms. The number of nitrogens with one attached hydrogen (secondary N) is 1. The van der Waals surface area contributed by atoms with Gasteiger partial charge in [0.1, 0.15) is 11.6 Å². The quantitative estimate of drug-likeness (QED) is 0.931. The molecular weight excluding hydrogens is 326 g/mol. The second-order valence-corrected chi connectivity index (χ2v) is 6.36. The largest absolute Gasteiger partial charge is 0.379 e. The van der Waals surface area contributed by atoms with Crippen LogP contribution in [0.5, 0.6) is 0 Å². The van der Waals surface area contributed by atoms with Crippen LogP contribution >= 0.6 is 0 Å². The Labute approximate surface area is 144 Å². The summed E-state index contributed by atoms with van der Waals surface area (Å²) in [6, 6.07) is 7.11. The zero-order valence-corrected chi connectivity index (χ0v) is 13.6. The van der Waals surface area contributed by atoms with Crippen LogP contribution in [0.25, 0.3) is 11.1 Å². The Hall–Kier alpha value is -2.31. The van der Waals surface area contributed by atoms with E-state index in [1.54, 1.807) is 6.07 Å². The average Bonchev–Trinajstić information content (AvgIpc) is 2.97. The molecule has 0 bridgehead atoms. The summed E-state index contributed by atoms with van der Waals surface area (Å²) in [4.78, 5) is 14.4. The number of carbonyl (C=O) groups is 1. The van der Waals surface area contributed by atoms with Gasteiger partial charge < -0.3 is 10.1 Å². The normalized spacial score (nSPS) is 17.4. The van der Waals surface area contributed by atoms with Gasteiger partial charge in [-0.3, -0.25) is 9.69 Å². The molecule has 2 aromatic carbocycles. The van der Waals surface area contributed by atoms with E-state index in [9.17, 15) is 13.6 Å². The Bertz CT molecular complexity index is 832. The number of hydrogen-bond acceptors (Lipinski definition) is 3. The van der Waals surface area contributed by atoms with Crippen molar-refractivity contribution >= 4 is 5.91 Å². The van der Waals surface area contributed by atoms with Crippen molar-refractivity contribution in [2.24, 2.45) is 0 Å². The summed E-state index contributed by atoms with van der Waals surface area (Å²) in [6.45, 7) is 4.19. The van der Waals surface area contributed by atoms with E-state index in [2.05, 4.69) is 10.2 Å². The lowest BCUT2D eigenvalue weighted by atomic mass is 9.95. The molecule has 0 spiro atoms. The van der Waals surface area contributed by atoms with Crippen LogP contribution in [0.2, 0.25) is 0 Å². The van der Waals surface area contributed by atoms with E-state index in [-0.39, 0.29) is 5.91 Å². The topological polar surface area (TPSA) is 41.6 Å². The lowest BCUT2D eigenvalue weighted by Gasteiger charge is -2.27. The van der Waals surface area contributed by atoms with Crippen molar-refractivity contribution in [3.05, 3.63) is 58.7 Å². The fourth-order valence-electron chi connectivity index (χ4n) is 3.43. The molecule has 130 valence electrons. The molecule has 2 aliphatic heterocycles. The van der Waals surface area contributed by atoms with Crippen LogP contribution in [0.1, 0.15) is 21.5 Å². The van der Waals surface area contributed by atoms with Crippen molar-refractivity contribution in [1.29, 1.82) is 0 Å². The first-order chi connectivity index (χ1) is 12.1. The fraction of sp³-hybridized carbons (Fsp3) is 0.316. The van der Waals surface area contributed by atoms with E-state index in [4.69, 9.17) is 4.74 Å². The number of amides is 1. The number of morpholine rings is 1. The number of hydrogen-bond donors (Lipinski definition) is 1. The van der Waals surface area contributed by atoms with Gasteiger partial charge in [0.15, 0.2) is 0 Å². The van der Waals surface area contributed by atoms with Crippen LogP contribution in [0, 0.1) is 11.6 Å². The predicted molar refractivity (Wildman–Crippen MR) is 89.1 cm³/mol. The second kappa shape index (κ2) is 6.54. The van der Waals surface area contributed by atoms with Crippen LogP contribution < -0.4 is 5.32 Å². The average molecular weight is 344 g/mol. The van der Waals surface area contributed by atoms with E-state index >= 15 is 0 Å². The number of halogens is 2. The van der Waals surface area contributed by atoms with Crippen molar-refractivity contribution < 1.29 is 18.3 Å². The molecule has 0 aromatic heterocycles. The third-order valence-corrected chi connectivity index (χ3v) is 4.75. The lowest BCUT2D eigenvalue weighted by Crippen LogP contribution is -2.35. The molecule has 2 heterocycles. The SMILES string of the molecule is O=C1NCc2c(CN3CCOCC3)cc(-c3ccc(F)cc3F)cc21. The monoisotopic (exact) mass is 344 g/mol. The van der Waals surface area contributed by atoms with Crippen molar-refractivity contribution in [3.8, 4) is 11.1 Å². The molecule has 4 nitrogen and oxygen atoms in total. The smallest absolute Gasteiger partial charge is 0.251 e. The van der Waals surface area contributed by atoms with Gasteiger partial charge in [0.05, 0.1) is 13.2 Å². The summed E-state index contributed by atoms with van der Waals surface area (Å²) in [5, 5.41) is 2.83. The van der Waals surface area contributed by atoms with Crippen LogP contribution in [-0.2, 0) is 17.8 Å². The van der Waals surface area contributed by atoms with Crippen LogP contribution in [0.3, 0.4) is 0 Å². The third kappa shape index (κ3) is 3.15. The maximum Gasteiger partial charge on any atom is 0.251 e. The van der Waals surface area contributed by atoms with Crippen LogP contribution in [0.15, 0.2) is 30.3 Å². The van der Waals surface area contributed by atoms with Crippen molar-refractivity contribution in [3.63, 3.8) is 0 Å². The first-order valence-corrected chi connectivity index (χ1v) is 8.31. The summed E-state index contributed by atoms with van der Waals surface area (Å²) in [6.07, 6.45) is 0. The van der Waals surface area contributed by atoms with E-state index < -0.39 is 11.6 Å². The van der Waals surface area contributed by atoms with Gasteiger partial charge in [-0.2, -0.15) is 0 Å². The Morgan fingerprint density at radius 3 is 2.64 bits per heavy atom.